The third-order valence-electron chi connectivity index (χ3n) is 3.29. The number of ether oxygens (including phenoxy) is 1. The molecular weight excluding hydrogens is 284 g/mol. The van der Waals surface area contributed by atoms with Crippen molar-refractivity contribution in [2.75, 3.05) is 7.11 Å². The average molecular weight is 306 g/mol. The Hall–Kier alpha value is -2.37. The molecule has 0 saturated heterocycles. The van der Waals surface area contributed by atoms with Gasteiger partial charge in [-0.15, -0.1) is 0 Å². The maximum absolute atomic E-state index is 12.3. The summed E-state index contributed by atoms with van der Waals surface area (Å²) in [5, 5.41) is 5.12. The molecule has 120 valence electrons. The van der Waals surface area contributed by atoms with Crippen molar-refractivity contribution in [3.8, 4) is 0 Å². The Labute approximate surface area is 130 Å². The fraction of sp³-hybridized carbons (Fsp3) is 0.438. The van der Waals surface area contributed by atoms with Crippen molar-refractivity contribution in [2.24, 2.45) is 5.92 Å². The van der Waals surface area contributed by atoms with Crippen LogP contribution in [0.5, 0.6) is 0 Å². The lowest BCUT2D eigenvalue weighted by Gasteiger charge is -2.23. The number of rotatable bonds is 8. The van der Waals surface area contributed by atoms with Gasteiger partial charge in [0, 0.05) is 6.42 Å². The van der Waals surface area contributed by atoms with E-state index < -0.39 is 24.0 Å². The third kappa shape index (κ3) is 5.20. The highest BCUT2D eigenvalue weighted by Gasteiger charge is 2.28. The largest absolute Gasteiger partial charge is 0.467 e. The quantitative estimate of drug-likeness (QED) is 0.546. The molecule has 0 bridgehead atoms. The van der Waals surface area contributed by atoms with E-state index in [-0.39, 0.29) is 5.92 Å². The normalized spacial score (nSPS) is 13.1. The van der Waals surface area contributed by atoms with Gasteiger partial charge in [-0.3, -0.25) is 9.59 Å². The van der Waals surface area contributed by atoms with Crippen LogP contribution in [0.1, 0.15) is 19.4 Å². The highest BCUT2D eigenvalue weighted by Crippen LogP contribution is 2.07. The predicted octanol–water partition coefficient (Wildman–Crippen LogP) is 0.657. The van der Waals surface area contributed by atoms with Gasteiger partial charge in [0.2, 0.25) is 12.3 Å². The van der Waals surface area contributed by atoms with Crippen LogP contribution >= 0.6 is 0 Å². The first kappa shape index (κ1) is 17.7. The molecule has 0 unspecified atom stereocenters. The Bertz CT molecular complexity index is 502. The second-order valence-corrected chi connectivity index (χ2v) is 5.28. The number of benzene rings is 1. The van der Waals surface area contributed by atoms with Crippen molar-refractivity contribution in [3.05, 3.63) is 35.9 Å². The monoisotopic (exact) mass is 306 g/mol. The van der Waals surface area contributed by atoms with Gasteiger partial charge in [-0.25, -0.2) is 4.79 Å². The molecule has 0 aliphatic rings. The van der Waals surface area contributed by atoms with Gasteiger partial charge in [0.1, 0.15) is 12.1 Å². The van der Waals surface area contributed by atoms with E-state index in [1.807, 2.05) is 30.3 Å². The Kier molecular flexibility index (Phi) is 7.08. The number of methoxy groups -OCH3 is 1. The minimum Gasteiger partial charge on any atom is -0.467 e. The van der Waals surface area contributed by atoms with Crippen LogP contribution in [-0.4, -0.2) is 37.5 Å². The Morgan fingerprint density at radius 1 is 1.23 bits per heavy atom. The van der Waals surface area contributed by atoms with Gasteiger partial charge in [-0.1, -0.05) is 44.2 Å². The Balaban J connectivity index is 2.79. The van der Waals surface area contributed by atoms with Crippen LogP contribution in [0.3, 0.4) is 0 Å². The summed E-state index contributed by atoms with van der Waals surface area (Å²) >= 11 is 0. The molecule has 0 saturated carbocycles. The Morgan fingerprint density at radius 2 is 1.86 bits per heavy atom. The molecule has 6 heteroatoms. The summed E-state index contributed by atoms with van der Waals surface area (Å²) < 4.78 is 4.69. The molecule has 0 aromatic heterocycles. The molecule has 2 atom stereocenters. The maximum atomic E-state index is 12.3. The maximum Gasteiger partial charge on any atom is 0.328 e. The zero-order valence-corrected chi connectivity index (χ0v) is 13.0. The molecule has 0 aliphatic heterocycles. The fourth-order valence-corrected chi connectivity index (χ4v) is 2.04. The summed E-state index contributed by atoms with van der Waals surface area (Å²) in [6.45, 7) is 3.61. The zero-order chi connectivity index (χ0) is 16.5. The van der Waals surface area contributed by atoms with E-state index in [1.54, 1.807) is 13.8 Å². The summed E-state index contributed by atoms with van der Waals surface area (Å²) in [4.78, 5) is 34.8. The predicted molar refractivity (Wildman–Crippen MR) is 81.9 cm³/mol. The number of nitrogens with one attached hydrogen (secondary N) is 2. The van der Waals surface area contributed by atoms with Gasteiger partial charge in [0.25, 0.3) is 0 Å². The van der Waals surface area contributed by atoms with Crippen LogP contribution in [0.15, 0.2) is 30.3 Å². The molecule has 2 N–H and O–H groups in total. The molecular formula is C16H22N2O4. The molecule has 2 amide bonds. The molecule has 1 rings (SSSR count). The summed E-state index contributed by atoms with van der Waals surface area (Å²) in [7, 11) is 1.27. The second-order valence-electron chi connectivity index (χ2n) is 5.28. The van der Waals surface area contributed by atoms with Crippen LogP contribution in [0.2, 0.25) is 0 Å². The van der Waals surface area contributed by atoms with Crippen LogP contribution in [0.4, 0.5) is 0 Å². The highest BCUT2D eigenvalue weighted by molar-refractivity contribution is 5.88. The van der Waals surface area contributed by atoms with Crippen LogP contribution < -0.4 is 10.6 Å². The Morgan fingerprint density at radius 3 is 2.36 bits per heavy atom. The molecule has 22 heavy (non-hydrogen) atoms. The van der Waals surface area contributed by atoms with Gasteiger partial charge in [0.05, 0.1) is 7.11 Å². The van der Waals surface area contributed by atoms with E-state index in [1.165, 1.54) is 7.11 Å². The topological polar surface area (TPSA) is 84.5 Å². The van der Waals surface area contributed by atoms with Crippen LogP contribution in [-0.2, 0) is 25.5 Å². The van der Waals surface area contributed by atoms with Crippen molar-refractivity contribution < 1.29 is 19.1 Å². The number of hydrogen-bond acceptors (Lipinski definition) is 4. The van der Waals surface area contributed by atoms with Gasteiger partial charge in [-0.2, -0.15) is 0 Å². The molecule has 1 aromatic carbocycles. The lowest BCUT2D eigenvalue weighted by molar-refractivity contribution is -0.146. The van der Waals surface area contributed by atoms with Crippen LogP contribution in [0, 0.1) is 5.92 Å². The summed E-state index contributed by atoms with van der Waals surface area (Å²) in [6, 6.07) is 7.83. The van der Waals surface area contributed by atoms with Crippen molar-refractivity contribution in [1.29, 1.82) is 0 Å². The first-order chi connectivity index (χ1) is 10.5. The molecule has 0 radical (unpaired) electrons. The molecule has 0 aliphatic carbocycles. The summed E-state index contributed by atoms with van der Waals surface area (Å²) in [6.07, 6.45) is 0.826. The van der Waals surface area contributed by atoms with Crippen molar-refractivity contribution >= 4 is 18.3 Å². The molecule has 0 fully saturated rings. The number of hydrogen-bond donors (Lipinski definition) is 2. The second kappa shape index (κ2) is 8.81. The summed E-state index contributed by atoms with van der Waals surface area (Å²) in [5.74, 6) is -1.04. The minimum absolute atomic E-state index is 0.120. The van der Waals surface area contributed by atoms with E-state index in [0.717, 1.165) is 5.56 Å². The molecule has 0 spiro atoms. The van der Waals surface area contributed by atoms with E-state index in [0.29, 0.717) is 12.8 Å². The van der Waals surface area contributed by atoms with Gasteiger partial charge in [-0.05, 0) is 11.5 Å². The smallest absolute Gasteiger partial charge is 0.328 e. The number of carbonyl (C=O) groups is 3. The standard InChI is InChI=1S/C16H22N2O4/c1-11(2)14(16(21)22-3)18-15(20)13(17-10-19)9-12-7-5-4-6-8-12/h4-8,10-11,13-14H,9H2,1-3H3,(H,17,19)(H,18,20)/t13-,14-/m0/s1. The SMILES string of the molecule is COC(=O)[C@@H](NC(=O)[C@H](Cc1ccccc1)NC=O)C(C)C. The molecule has 1 aromatic rings. The van der Waals surface area contributed by atoms with E-state index >= 15 is 0 Å². The molecule has 0 heterocycles. The lowest BCUT2D eigenvalue weighted by atomic mass is 10.0. The number of amides is 2. The minimum atomic E-state index is -0.746. The van der Waals surface area contributed by atoms with Crippen LogP contribution in [0.25, 0.3) is 0 Å². The van der Waals surface area contributed by atoms with Crippen molar-refractivity contribution in [1.82, 2.24) is 10.6 Å². The van der Waals surface area contributed by atoms with Gasteiger partial charge in [0.15, 0.2) is 0 Å². The van der Waals surface area contributed by atoms with Gasteiger partial charge < -0.3 is 15.4 Å². The van der Waals surface area contributed by atoms with Crippen molar-refractivity contribution in [2.45, 2.75) is 32.4 Å². The fourth-order valence-electron chi connectivity index (χ4n) is 2.04. The summed E-state index contributed by atoms with van der Waals surface area (Å²) in [5.41, 5.74) is 0.913. The van der Waals surface area contributed by atoms with E-state index in [4.69, 9.17) is 0 Å². The van der Waals surface area contributed by atoms with E-state index in [9.17, 15) is 14.4 Å². The molecule has 6 nitrogen and oxygen atoms in total. The van der Waals surface area contributed by atoms with Gasteiger partial charge >= 0.3 is 5.97 Å². The highest BCUT2D eigenvalue weighted by atomic mass is 16.5. The van der Waals surface area contributed by atoms with Crippen molar-refractivity contribution in [3.63, 3.8) is 0 Å². The average Bonchev–Trinajstić information content (AvgIpc) is 2.52. The number of carbonyl (C=O) groups excluding carboxylic acids is 3. The van der Waals surface area contributed by atoms with E-state index in [2.05, 4.69) is 15.4 Å². The number of esters is 1. The first-order valence-electron chi connectivity index (χ1n) is 7.11. The third-order valence-corrected chi connectivity index (χ3v) is 3.29. The first-order valence-corrected chi connectivity index (χ1v) is 7.11. The lowest BCUT2D eigenvalue weighted by Crippen LogP contribution is -2.52. The zero-order valence-electron chi connectivity index (χ0n) is 13.0.